The van der Waals surface area contributed by atoms with E-state index in [0.29, 0.717) is 5.92 Å². The predicted octanol–water partition coefficient (Wildman–Crippen LogP) is 3.83. The highest BCUT2D eigenvalue weighted by Gasteiger charge is 2.23. The summed E-state index contributed by atoms with van der Waals surface area (Å²) in [6, 6.07) is 0. The van der Waals surface area contributed by atoms with Crippen molar-refractivity contribution in [1.82, 2.24) is 0 Å². The molecule has 82 valence electrons. The molecule has 1 saturated carbocycles. The van der Waals surface area contributed by atoms with E-state index in [9.17, 15) is 0 Å². The lowest BCUT2D eigenvalue weighted by atomic mass is 9.80. The second-order valence-electron chi connectivity index (χ2n) is 4.45. The van der Waals surface area contributed by atoms with Crippen LogP contribution < -0.4 is 0 Å². The van der Waals surface area contributed by atoms with Crippen molar-refractivity contribution < 1.29 is 5.21 Å². The molecule has 0 aliphatic heterocycles. The molecule has 0 amide bonds. The first-order valence-corrected chi connectivity index (χ1v) is 6.02. The summed E-state index contributed by atoms with van der Waals surface area (Å²) in [7, 11) is 0. The van der Waals surface area contributed by atoms with Crippen molar-refractivity contribution >= 4 is 5.71 Å². The van der Waals surface area contributed by atoms with Crippen LogP contribution in [-0.4, -0.2) is 10.9 Å². The second-order valence-corrected chi connectivity index (χ2v) is 4.45. The van der Waals surface area contributed by atoms with Crippen LogP contribution in [-0.2, 0) is 0 Å². The molecule has 0 radical (unpaired) electrons. The zero-order chi connectivity index (χ0) is 10.4. The van der Waals surface area contributed by atoms with Gasteiger partial charge in [0.2, 0.25) is 0 Å². The highest BCUT2D eigenvalue weighted by Crippen LogP contribution is 2.29. The molecular weight excluding hydrogens is 174 g/mol. The summed E-state index contributed by atoms with van der Waals surface area (Å²) in [5.74, 6) is 1.38. The number of nitrogens with zero attached hydrogens (tertiary/aromatic N) is 1. The van der Waals surface area contributed by atoms with Crippen LogP contribution in [0.2, 0.25) is 0 Å². The Morgan fingerprint density at radius 2 is 2.07 bits per heavy atom. The van der Waals surface area contributed by atoms with Crippen molar-refractivity contribution in [1.29, 1.82) is 0 Å². The molecule has 1 fully saturated rings. The Labute approximate surface area is 87.4 Å². The van der Waals surface area contributed by atoms with Crippen molar-refractivity contribution in [3.05, 3.63) is 0 Å². The fraction of sp³-hybridized carbons (Fsp3) is 0.917. The molecule has 0 saturated heterocycles. The van der Waals surface area contributed by atoms with E-state index in [1.54, 1.807) is 0 Å². The SMILES string of the molecule is CCC(CC)CC1CCCC/C1=N/O. The lowest BCUT2D eigenvalue weighted by Crippen LogP contribution is -2.22. The topological polar surface area (TPSA) is 32.6 Å². The normalized spacial score (nSPS) is 25.9. The molecule has 1 aliphatic rings. The number of rotatable bonds is 4. The van der Waals surface area contributed by atoms with Gasteiger partial charge in [-0.2, -0.15) is 0 Å². The summed E-state index contributed by atoms with van der Waals surface area (Å²) in [6.07, 6.45) is 8.50. The average molecular weight is 197 g/mol. The van der Waals surface area contributed by atoms with Crippen LogP contribution in [0.5, 0.6) is 0 Å². The molecule has 2 heteroatoms. The molecule has 1 rings (SSSR count). The van der Waals surface area contributed by atoms with Crippen molar-refractivity contribution in [2.45, 2.75) is 58.8 Å². The molecule has 0 aromatic carbocycles. The van der Waals surface area contributed by atoms with Gasteiger partial charge in [-0.05, 0) is 31.6 Å². The quantitative estimate of drug-likeness (QED) is 0.539. The standard InChI is InChI=1S/C12H23NO/c1-3-10(4-2)9-11-7-5-6-8-12(11)13-14/h10-11,14H,3-9H2,1-2H3/b13-12-. The van der Waals surface area contributed by atoms with Gasteiger partial charge in [0.1, 0.15) is 0 Å². The van der Waals surface area contributed by atoms with Gasteiger partial charge in [-0.15, -0.1) is 0 Å². The lowest BCUT2D eigenvalue weighted by Gasteiger charge is -2.26. The molecule has 0 aromatic rings. The van der Waals surface area contributed by atoms with Gasteiger partial charge >= 0.3 is 0 Å². The first-order chi connectivity index (χ1) is 6.81. The Kier molecular flexibility index (Phi) is 4.99. The molecular formula is C12H23NO. The largest absolute Gasteiger partial charge is 0.411 e. The third-order valence-electron chi connectivity index (χ3n) is 3.61. The van der Waals surface area contributed by atoms with Crippen LogP contribution >= 0.6 is 0 Å². The van der Waals surface area contributed by atoms with Gasteiger partial charge in [-0.25, -0.2) is 0 Å². The summed E-state index contributed by atoms with van der Waals surface area (Å²) < 4.78 is 0. The monoisotopic (exact) mass is 197 g/mol. The average Bonchev–Trinajstić information content (AvgIpc) is 2.26. The zero-order valence-corrected chi connectivity index (χ0v) is 9.50. The van der Waals surface area contributed by atoms with Crippen LogP contribution in [0, 0.1) is 11.8 Å². The maximum Gasteiger partial charge on any atom is 0.0601 e. The van der Waals surface area contributed by atoms with Gasteiger partial charge in [0.15, 0.2) is 0 Å². The Morgan fingerprint density at radius 3 is 2.64 bits per heavy atom. The molecule has 0 heterocycles. The molecule has 14 heavy (non-hydrogen) atoms. The molecule has 0 bridgehead atoms. The van der Waals surface area contributed by atoms with Crippen molar-refractivity contribution in [3.8, 4) is 0 Å². The van der Waals surface area contributed by atoms with E-state index in [2.05, 4.69) is 19.0 Å². The molecule has 2 nitrogen and oxygen atoms in total. The summed E-state index contributed by atoms with van der Waals surface area (Å²) in [6.45, 7) is 4.51. The smallest absolute Gasteiger partial charge is 0.0601 e. The minimum Gasteiger partial charge on any atom is -0.411 e. The third kappa shape index (κ3) is 3.00. The molecule has 1 atom stereocenters. The van der Waals surface area contributed by atoms with Gasteiger partial charge < -0.3 is 5.21 Å². The second kappa shape index (κ2) is 6.05. The Bertz CT molecular complexity index is 185. The summed E-state index contributed by atoms with van der Waals surface area (Å²) in [4.78, 5) is 0. The third-order valence-corrected chi connectivity index (χ3v) is 3.61. The minimum absolute atomic E-state index is 0.568. The summed E-state index contributed by atoms with van der Waals surface area (Å²) >= 11 is 0. The summed E-state index contributed by atoms with van der Waals surface area (Å²) in [5.41, 5.74) is 1.06. The summed E-state index contributed by atoms with van der Waals surface area (Å²) in [5, 5.41) is 12.4. The molecule has 1 N–H and O–H groups in total. The minimum atomic E-state index is 0.568. The van der Waals surface area contributed by atoms with E-state index in [-0.39, 0.29) is 0 Å². The van der Waals surface area contributed by atoms with Crippen molar-refractivity contribution in [2.24, 2.45) is 17.0 Å². The molecule has 1 unspecified atom stereocenters. The van der Waals surface area contributed by atoms with Gasteiger partial charge in [0, 0.05) is 5.92 Å². The van der Waals surface area contributed by atoms with Gasteiger partial charge in [0.05, 0.1) is 5.71 Å². The highest BCUT2D eigenvalue weighted by molar-refractivity contribution is 5.86. The Morgan fingerprint density at radius 1 is 1.36 bits per heavy atom. The maximum atomic E-state index is 8.91. The van der Waals surface area contributed by atoms with Crippen LogP contribution in [0.3, 0.4) is 0 Å². The Balaban J connectivity index is 2.47. The van der Waals surface area contributed by atoms with E-state index < -0.39 is 0 Å². The lowest BCUT2D eigenvalue weighted by molar-refractivity contribution is 0.300. The van der Waals surface area contributed by atoms with Crippen LogP contribution in [0.4, 0.5) is 0 Å². The van der Waals surface area contributed by atoms with E-state index >= 15 is 0 Å². The number of hydrogen-bond donors (Lipinski definition) is 1. The van der Waals surface area contributed by atoms with Crippen LogP contribution in [0.15, 0.2) is 5.16 Å². The van der Waals surface area contributed by atoms with E-state index in [0.717, 1.165) is 18.1 Å². The first-order valence-electron chi connectivity index (χ1n) is 6.02. The Hall–Kier alpha value is -0.530. The zero-order valence-electron chi connectivity index (χ0n) is 9.50. The van der Waals surface area contributed by atoms with Crippen molar-refractivity contribution in [3.63, 3.8) is 0 Å². The van der Waals surface area contributed by atoms with Gasteiger partial charge in [-0.1, -0.05) is 38.3 Å². The molecule has 0 aromatic heterocycles. The van der Waals surface area contributed by atoms with E-state index in [1.807, 2.05) is 0 Å². The maximum absolute atomic E-state index is 8.91. The van der Waals surface area contributed by atoms with Gasteiger partial charge in [0.25, 0.3) is 0 Å². The predicted molar refractivity (Wildman–Crippen MR) is 59.9 cm³/mol. The molecule has 0 spiro atoms. The van der Waals surface area contributed by atoms with Crippen LogP contribution in [0.1, 0.15) is 58.8 Å². The van der Waals surface area contributed by atoms with Crippen molar-refractivity contribution in [2.75, 3.05) is 0 Å². The fourth-order valence-electron chi connectivity index (χ4n) is 2.48. The number of hydrogen-bond acceptors (Lipinski definition) is 2. The van der Waals surface area contributed by atoms with E-state index in [1.165, 1.54) is 38.5 Å². The number of oxime groups is 1. The van der Waals surface area contributed by atoms with Gasteiger partial charge in [-0.3, -0.25) is 0 Å². The highest BCUT2D eigenvalue weighted by atomic mass is 16.4. The van der Waals surface area contributed by atoms with E-state index in [4.69, 9.17) is 5.21 Å². The first kappa shape index (κ1) is 11.5. The molecule has 1 aliphatic carbocycles. The van der Waals surface area contributed by atoms with Crippen LogP contribution in [0.25, 0.3) is 0 Å². The fourth-order valence-corrected chi connectivity index (χ4v) is 2.48.